The summed E-state index contributed by atoms with van der Waals surface area (Å²) in [5.74, 6) is 1.02. The van der Waals surface area contributed by atoms with E-state index >= 15 is 0 Å². The smallest absolute Gasteiger partial charge is 0.213 e. The molecule has 3 N–H and O–H groups in total. The fraction of sp³-hybridized carbons (Fsp3) is 0.455. The maximum absolute atomic E-state index is 5.67. The molecule has 1 rings (SSSR count). The van der Waals surface area contributed by atoms with E-state index in [2.05, 4.69) is 22.2 Å². The normalized spacial score (nSPS) is 11.2. The van der Waals surface area contributed by atoms with E-state index in [1.165, 1.54) is 0 Å². The van der Waals surface area contributed by atoms with Gasteiger partial charge in [0.2, 0.25) is 5.88 Å². The van der Waals surface area contributed by atoms with Crippen LogP contribution in [0.15, 0.2) is 23.3 Å². The molecule has 0 saturated carbocycles. The third-order valence-corrected chi connectivity index (χ3v) is 1.81. The Kier molecular flexibility index (Phi) is 5.11. The van der Waals surface area contributed by atoms with E-state index in [4.69, 9.17) is 10.5 Å². The van der Waals surface area contributed by atoms with Crippen LogP contribution in [0.5, 0.6) is 5.88 Å². The maximum atomic E-state index is 5.67. The first kappa shape index (κ1) is 12.3. The summed E-state index contributed by atoms with van der Waals surface area (Å²) in [6.45, 7) is 5.31. The third-order valence-electron chi connectivity index (χ3n) is 1.81. The van der Waals surface area contributed by atoms with Crippen LogP contribution < -0.4 is 15.8 Å². The Balaban J connectivity index is 2.54. The minimum Gasteiger partial charge on any atom is -0.478 e. The molecular weight excluding hydrogens is 204 g/mol. The fourth-order valence-electron chi connectivity index (χ4n) is 1.11. The number of guanidine groups is 1. The molecular formula is C11H18N4O. The highest BCUT2D eigenvalue weighted by Crippen LogP contribution is 2.10. The molecule has 1 aromatic rings. The zero-order chi connectivity index (χ0) is 11.8. The molecule has 1 heterocycles. The quantitative estimate of drug-likeness (QED) is 0.586. The van der Waals surface area contributed by atoms with E-state index in [0.717, 1.165) is 18.7 Å². The minimum absolute atomic E-state index is 0.410. The van der Waals surface area contributed by atoms with Crippen molar-refractivity contribution in [2.45, 2.75) is 20.3 Å². The number of hydrogen-bond donors (Lipinski definition) is 2. The van der Waals surface area contributed by atoms with Crippen molar-refractivity contribution in [3.05, 3.63) is 18.3 Å². The molecule has 0 aliphatic rings. The van der Waals surface area contributed by atoms with Crippen molar-refractivity contribution >= 4 is 11.6 Å². The lowest BCUT2D eigenvalue weighted by atomic mass is 10.4. The largest absolute Gasteiger partial charge is 0.478 e. The number of aromatic nitrogens is 1. The SMILES string of the molecule is CCCN=C(N)Nc1ccc(OCC)nc1. The Labute approximate surface area is 95.7 Å². The molecule has 88 valence electrons. The molecule has 0 aliphatic heterocycles. The topological polar surface area (TPSA) is 72.5 Å². The van der Waals surface area contributed by atoms with Gasteiger partial charge < -0.3 is 15.8 Å². The third kappa shape index (κ3) is 4.16. The summed E-state index contributed by atoms with van der Waals surface area (Å²) in [6.07, 6.45) is 2.64. The van der Waals surface area contributed by atoms with Crippen molar-refractivity contribution in [2.75, 3.05) is 18.5 Å². The van der Waals surface area contributed by atoms with Crippen LogP contribution in [0, 0.1) is 0 Å². The van der Waals surface area contributed by atoms with Crippen molar-refractivity contribution in [2.24, 2.45) is 10.7 Å². The molecule has 0 spiro atoms. The van der Waals surface area contributed by atoms with Crippen LogP contribution in [0.2, 0.25) is 0 Å². The number of anilines is 1. The van der Waals surface area contributed by atoms with Gasteiger partial charge in [-0.1, -0.05) is 6.92 Å². The van der Waals surface area contributed by atoms with E-state index in [1.54, 1.807) is 12.3 Å². The Hall–Kier alpha value is -1.78. The molecule has 0 unspecified atom stereocenters. The van der Waals surface area contributed by atoms with Gasteiger partial charge in [0.25, 0.3) is 0 Å². The molecule has 0 radical (unpaired) electrons. The Bertz CT molecular complexity index is 334. The Morgan fingerprint density at radius 3 is 2.88 bits per heavy atom. The van der Waals surface area contributed by atoms with Crippen LogP contribution in [-0.4, -0.2) is 24.1 Å². The van der Waals surface area contributed by atoms with Crippen molar-refractivity contribution < 1.29 is 4.74 Å². The maximum Gasteiger partial charge on any atom is 0.213 e. The number of ether oxygens (including phenoxy) is 1. The second-order valence-electron chi connectivity index (χ2n) is 3.21. The number of rotatable bonds is 5. The van der Waals surface area contributed by atoms with Crippen LogP contribution in [0.4, 0.5) is 5.69 Å². The fourth-order valence-corrected chi connectivity index (χ4v) is 1.11. The van der Waals surface area contributed by atoms with E-state index in [-0.39, 0.29) is 0 Å². The number of nitrogens with two attached hydrogens (primary N) is 1. The molecule has 16 heavy (non-hydrogen) atoms. The summed E-state index contributed by atoms with van der Waals surface area (Å²) in [5.41, 5.74) is 6.47. The molecule has 0 atom stereocenters. The van der Waals surface area contributed by atoms with Crippen LogP contribution >= 0.6 is 0 Å². The van der Waals surface area contributed by atoms with Gasteiger partial charge in [-0.15, -0.1) is 0 Å². The van der Waals surface area contributed by atoms with Gasteiger partial charge in [-0.3, -0.25) is 4.99 Å². The van der Waals surface area contributed by atoms with Crippen LogP contribution in [0.25, 0.3) is 0 Å². The number of aliphatic imine (C=N–C) groups is 1. The minimum atomic E-state index is 0.410. The van der Waals surface area contributed by atoms with Gasteiger partial charge in [0, 0.05) is 12.6 Å². The van der Waals surface area contributed by atoms with Gasteiger partial charge in [-0.25, -0.2) is 4.98 Å². The summed E-state index contributed by atoms with van der Waals surface area (Å²) in [4.78, 5) is 8.23. The van der Waals surface area contributed by atoms with Crippen LogP contribution in [-0.2, 0) is 0 Å². The van der Waals surface area contributed by atoms with Gasteiger partial charge in [0.05, 0.1) is 18.5 Å². The lowest BCUT2D eigenvalue weighted by molar-refractivity contribution is 0.327. The van der Waals surface area contributed by atoms with E-state index < -0.39 is 0 Å². The van der Waals surface area contributed by atoms with Crippen LogP contribution in [0.3, 0.4) is 0 Å². The highest BCUT2D eigenvalue weighted by atomic mass is 16.5. The van der Waals surface area contributed by atoms with Gasteiger partial charge in [-0.05, 0) is 19.4 Å². The van der Waals surface area contributed by atoms with Gasteiger partial charge in [0.15, 0.2) is 5.96 Å². The molecule has 0 saturated heterocycles. The van der Waals surface area contributed by atoms with Gasteiger partial charge >= 0.3 is 0 Å². The first-order valence-corrected chi connectivity index (χ1v) is 5.42. The Morgan fingerprint density at radius 2 is 2.31 bits per heavy atom. The van der Waals surface area contributed by atoms with Gasteiger partial charge in [-0.2, -0.15) is 0 Å². The van der Waals surface area contributed by atoms with Gasteiger partial charge in [0.1, 0.15) is 0 Å². The summed E-state index contributed by atoms with van der Waals surface area (Å²) >= 11 is 0. The highest BCUT2D eigenvalue weighted by molar-refractivity contribution is 5.92. The van der Waals surface area contributed by atoms with Crippen molar-refractivity contribution in [1.82, 2.24) is 4.98 Å². The summed E-state index contributed by atoms with van der Waals surface area (Å²) in [7, 11) is 0. The standard InChI is InChI=1S/C11H18N4O/c1-3-7-13-11(12)15-9-5-6-10(14-8-9)16-4-2/h5-6,8H,3-4,7H2,1-2H3,(H3,12,13,15). The first-order chi connectivity index (χ1) is 7.76. The molecule has 0 bridgehead atoms. The van der Waals surface area contributed by atoms with Crippen molar-refractivity contribution in [3.63, 3.8) is 0 Å². The second kappa shape index (κ2) is 6.66. The summed E-state index contributed by atoms with van der Waals surface area (Å²) in [6, 6.07) is 3.64. The highest BCUT2D eigenvalue weighted by Gasteiger charge is 1.97. The molecule has 0 fully saturated rings. The molecule has 5 heteroatoms. The predicted molar refractivity (Wildman–Crippen MR) is 65.8 cm³/mol. The van der Waals surface area contributed by atoms with E-state index in [0.29, 0.717) is 18.4 Å². The van der Waals surface area contributed by atoms with E-state index in [9.17, 15) is 0 Å². The summed E-state index contributed by atoms with van der Waals surface area (Å²) in [5, 5.41) is 2.96. The average molecular weight is 222 g/mol. The predicted octanol–water partition coefficient (Wildman–Crippen LogP) is 1.62. The van der Waals surface area contributed by atoms with E-state index in [1.807, 2.05) is 13.0 Å². The Morgan fingerprint density at radius 1 is 1.50 bits per heavy atom. The lowest BCUT2D eigenvalue weighted by Gasteiger charge is -2.06. The van der Waals surface area contributed by atoms with Crippen molar-refractivity contribution in [1.29, 1.82) is 0 Å². The van der Waals surface area contributed by atoms with Crippen molar-refractivity contribution in [3.8, 4) is 5.88 Å². The molecule has 0 aromatic carbocycles. The first-order valence-electron chi connectivity index (χ1n) is 5.42. The molecule has 1 aromatic heterocycles. The molecule has 5 nitrogen and oxygen atoms in total. The number of nitrogens with one attached hydrogen (secondary N) is 1. The zero-order valence-electron chi connectivity index (χ0n) is 9.73. The number of pyridine rings is 1. The number of nitrogens with zero attached hydrogens (tertiary/aromatic N) is 2. The molecule has 0 aliphatic carbocycles. The second-order valence-corrected chi connectivity index (χ2v) is 3.21. The average Bonchev–Trinajstić information content (AvgIpc) is 2.29. The zero-order valence-corrected chi connectivity index (χ0v) is 9.73. The monoisotopic (exact) mass is 222 g/mol. The lowest BCUT2D eigenvalue weighted by Crippen LogP contribution is -2.22. The number of hydrogen-bond acceptors (Lipinski definition) is 3. The summed E-state index contributed by atoms with van der Waals surface area (Å²) < 4.78 is 5.23. The molecule has 0 amide bonds. The van der Waals surface area contributed by atoms with Crippen LogP contribution in [0.1, 0.15) is 20.3 Å².